The van der Waals surface area contributed by atoms with E-state index in [4.69, 9.17) is 5.73 Å². The lowest BCUT2D eigenvalue weighted by atomic mass is 10.2. The molecule has 0 bridgehead atoms. The Balaban J connectivity index is 2.66. The number of rotatable bonds is 5. The minimum Gasteiger partial charge on any atom is -0.320 e. The number of carbonyl (C=O) groups excluding carboxylic acids is 1. The molecule has 0 fully saturated rings. The third-order valence-corrected chi connectivity index (χ3v) is 2.35. The van der Waals surface area contributed by atoms with Crippen LogP contribution in [-0.4, -0.2) is 21.7 Å². The van der Waals surface area contributed by atoms with Crippen LogP contribution in [0.5, 0.6) is 0 Å². The van der Waals surface area contributed by atoms with E-state index in [1.165, 1.54) is 0 Å². The summed E-state index contributed by atoms with van der Waals surface area (Å²) in [5.41, 5.74) is 5.73. The first-order valence-corrected chi connectivity index (χ1v) is 5.66. The molecule has 1 amide bonds. The lowest BCUT2D eigenvalue weighted by molar-refractivity contribution is -0.117. The quantitative estimate of drug-likeness (QED) is 0.796. The average Bonchev–Trinajstić information content (AvgIpc) is 2.66. The number of carbonyl (C=O) groups is 1. The predicted molar refractivity (Wildman–Crippen MR) is 64.1 cm³/mol. The summed E-state index contributed by atoms with van der Waals surface area (Å²) in [4.78, 5) is 11.7. The number of nitrogens with one attached hydrogen (secondary N) is 1. The van der Waals surface area contributed by atoms with E-state index in [2.05, 4.69) is 10.4 Å². The van der Waals surface area contributed by atoms with Crippen LogP contribution in [0.2, 0.25) is 0 Å². The number of aromatic nitrogens is 2. The summed E-state index contributed by atoms with van der Waals surface area (Å²) in [6.45, 7) is 6.02. The maximum absolute atomic E-state index is 11.7. The van der Waals surface area contributed by atoms with Crippen molar-refractivity contribution in [1.29, 1.82) is 0 Å². The SMILES string of the molecule is CCCC(N)C(=O)Nc1ccnn1C(C)C. The lowest BCUT2D eigenvalue weighted by Gasteiger charge is -2.14. The Hall–Kier alpha value is -1.36. The van der Waals surface area contributed by atoms with E-state index in [-0.39, 0.29) is 11.9 Å². The molecule has 1 aromatic rings. The van der Waals surface area contributed by atoms with Crippen LogP contribution < -0.4 is 11.1 Å². The molecular weight excluding hydrogens is 204 g/mol. The summed E-state index contributed by atoms with van der Waals surface area (Å²) in [5.74, 6) is 0.552. The molecule has 16 heavy (non-hydrogen) atoms. The molecule has 5 heteroatoms. The highest BCUT2D eigenvalue weighted by Gasteiger charge is 2.15. The normalized spacial score (nSPS) is 12.8. The molecule has 5 nitrogen and oxygen atoms in total. The number of hydrogen-bond donors (Lipinski definition) is 2. The summed E-state index contributed by atoms with van der Waals surface area (Å²) >= 11 is 0. The monoisotopic (exact) mass is 224 g/mol. The zero-order valence-electron chi connectivity index (χ0n) is 10.1. The molecule has 0 spiro atoms. The fourth-order valence-electron chi connectivity index (χ4n) is 1.49. The van der Waals surface area contributed by atoms with Gasteiger partial charge in [0, 0.05) is 12.1 Å². The van der Waals surface area contributed by atoms with Gasteiger partial charge in [-0.05, 0) is 20.3 Å². The molecule has 1 aromatic heterocycles. The van der Waals surface area contributed by atoms with Crippen molar-refractivity contribution < 1.29 is 4.79 Å². The second-order valence-electron chi connectivity index (χ2n) is 4.14. The molecule has 1 unspecified atom stereocenters. The van der Waals surface area contributed by atoms with Crippen molar-refractivity contribution in [3.63, 3.8) is 0 Å². The number of hydrogen-bond acceptors (Lipinski definition) is 3. The second-order valence-corrected chi connectivity index (χ2v) is 4.14. The zero-order chi connectivity index (χ0) is 12.1. The number of amides is 1. The van der Waals surface area contributed by atoms with Gasteiger partial charge in [0.15, 0.2) is 0 Å². The fraction of sp³-hybridized carbons (Fsp3) is 0.636. The number of nitrogens with two attached hydrogens (primary N) is 1. The van der Waals surface area contributed by atoms with Crippen molar-refractivity contribution in [1.82, 2.24) is 9.78 Å². The number of anilines is 1. The molecule has 0 aliphatic rings. The Morgan fingerprint density at radius 1 is 1.62 bits per heavy atom. The first-order chi connectivity index (χ1) is 7.56. The van der Waals surface area contributed by atoms with Crippen molar-refractivity contribution >= 4 is 11.7 Å². The molecule has 0 aromatic carbocycles. The maximum atomic E-state index is 11.7. The van der Waals surface area contributed by atoms with Gasteiger partial charge in [0.1, 0.15) is 5.82 Å². The lowest BCUT2D eigenvalue weighted by Crippen LogP contribution is -2.36. The summed E-state index contributed by atoms with van der Waals surface area (Å²) < 4.78 is 1.76. The largest absolute Gasteiger partial charge is 0.320 e. The smallest absolute Gasteiger partial charge is 0.242 e. The standard InChI is InChI=1S/C11H20N4O/c1-4-5-9(12)11(16)14-10-6-7-13-15(10)8(2)3/h6-9H,4-5,12H2,1-3H3,(H,14,16). The van der Waals surface area contributed by atoms with E-state index in [0.717, 1.165) is 6.42 Å². The molecule has 0 saturated carbocycles. The molecule has 1 atom stereocenters. The van der Waals surface area contributed by atoms with Gasteiger partial charge in [-0.1, -0.05) is 13.3 Å². The molecule has 0 saturated heterocycles. The molecule has 0 aliphatic carbocycles. The van der Waals surface area contributed by atoms with Crippen LogP contribution >= 0.6 is 0 Å². The maximum Gasteiger partial charge on any atom is 0.242 e. The number of nitrogens with zero attached hydrogens (tertiary/aromatic N) is 2. The van der Waals surface area contributed by atoms with Crippen molar-refractivity contribution in [3.05, 3.63) is 12.3 Å². The third-order valence-electron chi connectivity index (χ3n) is 2.35. The first-order valence-electron chi connectivity index (χ1n) is 5.66. The first kappa shape index (κ1) is 12.7. The highest BCUT2D eigenvalue weighted by Crippen LogP contribution is 2.13. The van der Waals surface area contributed by atoms with Crippen LogP contribution in [0.25, 0.3) is 0 Å². The summed E-state index contributed by atoms with van der Waals surface area (Å²) in [6, 6.07) is 1.55. The van der Waals surface area contributed by atoms with Crippen LogP contribution in [0, 0.1) is 0 Å². The van der Waals surface area contributed by atoms with Gasteiger partial charge in [-0.2, -0.15) is 5.10 Å². The average molecular weight is 224 g/mol. The van der Waals surface area contributed by atoms with E-state index in [0.29, 0.717) is 12.2 Å². The zero-order valence-corrected chi connectivity index (χ0v) is 10.1. The summed E-state index contributed by atoms with van der Waals surface area (Å²) in [7, 11) is 0. The third kappa shape index (κ3) is 3.06. The Morgan fingerprint density at radius 2 is 2.31 bits per heavy atom. The Bertz CT molecular complexity index is 346. The molecule has 1 rings (SSSR count). The van der Waals surface area contributed by atoms with Crippen molar-refractivity contribution in [2.24, 2.45) is 5.73 Å². The van der Waals surface area contributed by atoms with Gasteiger partial charge < -0.3 is 11.1 Å². The Labute approximate surface area is 96.0 Å². The van der Waals surface area contributed by atoms with Gasteiger partial charge in [0.05, 0.1) is 12.2 Å². The van der Waals surface area contributed by atoms with Gasteiger partial charge in [0.2, 0.25) is 5.91 Å². The van der Waals surface area contributed by atoms with E-state index < -0.39 is 6.04 Å². The van der Waals surface area contributed by atoms with E-state index >= 15 is 0 Å². The van der Waals surface area contributed by atoms with Crippen LogP contribution in [0.4, 0.5) is 5.82 Å². The van der Waals surface area contributed by atoms with Gasteiger partial charge >= 0.3 is 0 Å². The highest BCUT2D eigenvalue weighted by atomic mass is 16.2. The Morgan fingerprint density at radius 3 is 2.88 bits per heavy atom. The van der Waals surface area contributed by atoms with Gasteiger partial charge in [-0.25, -0.2) is 4.68 Å². The second kappa shape index (κ2) is 5.65. The van der Waals surface area contributed by atoms with Crippen LogP contribution in [0.3, 0.4) is 0 Å². The molecule has 3 N–H and O–H groups in total. The van der Waals surface area contributed by atoms with E-state index in [1.54, 1.807) is 16.9 Å². The van der Waals surface area contributed by atoms with Crippen LogP contribution in [-0.2, 0) is 4.79 Å². The van der Waals surface area contributed by atoms with Gasteiger partial charge in [-0.15, -0.1) is 0 Å². The van der Waals surface area contributed by atoms with Crippen molar-refractivity contribution in [3.8, 4) is 0 Å². The molecule has 90 valence electrons. The van der Waals surface area contributed by atoms with Gasteiger partial charge in [0.25, 0.3) is 0 Å². The van der Waals surface area contributed by atoms with Crippen molar-refractivity contribution in [2.45, 2.75) is 45.7 Å². The predicted octanol–water partition coefficient (Wildman–Crippen LogP) is 1.53. The molecule has 0 aliphatic heterocycles. The molecule has 0 radical (unpaired) electrons. The minimum atomic E-state index is -0.444. The highest BCUT2D eigenvalue weighted by molar-refractivity contribution is 5.93. The Kier molecular flexibility index (Phi) is 4.49. The summed E-state index contributed by atoms with van der Waals surface area (Å²) in [6.07, 6.45) is 3.26. The fourth-order valence-corrected chi connectivity index (χ4v) is 1.49. The molecular formula is C11H20N4O. The molecule has 1 heterocycles. The van der Waals surface area contributed by atoms with E-state index in [1.807, 2.05) is 20.8 Å². The van der Waals surface area contributed by atoms with Gasteiger partial charge in [-0.3, -0.25) is 4.79 Å². The van der Waals surface area contributed by atoms with Crippen LogP contribution in [0.15, 0.2) is 12.3 Å². The minimum absolute atomic E-state index is 0.149. The van der Waals surface area contributed by atoms with E-state index in [9.17, 15) is 4.79 Å². The van der Waals surface area contributed by atoms with Crippen LogP contribution in [0.1, 0.15) is 39.7 Å². The summed E-state index contributed by atoms with van der Waals surface area (Å²) in [5, 5.41) is 6.93. The van der Waals surface area contributed by atoms with Crippen molar-refractivity contribution in [2.75, 3.05) is 5.32 Å². The topological polar surface area (TPSA) is 72.9 Å².